The number of nitrogens with one attached hydrogen (secondary N) is 1. The molecule has 0 aliphatic heterocycles. The standard InChI is InChI=1S/C13H17N5O2/c1-3-4-14-12-9-11(18(19)20)7-10(16-12)8-13-15-5-6-17(13)2/h5-7,9H,3-4,8H2,1-2H3,(H,14,16). The fourth-order valence-electron chi connectivity index (χ4n) is 1.84. The van der Waals surface area contributed by atoms with Crippen LogP contribution in [0.4, 0.5) is 11.5 Å². The predicted molar refractivity (Wildman–Crippen MR) is 75.7 cm³/mol. The maximum atomic E-state index is 11.0. The van der Waals surface area contributed by atoms with Gasteiger partial charge in [0.2, 0.25) is 0 Å². The second kappa shape index (κ2) is 6.14. The summed E-state index contributed by atoms with van der Waals surface area (Å²) < 4.78 is 1.87. The summed E-state index contributed by atoms with van der Waals surface area (Å²) in [7, 11) is 1.88. The van der Waals surface area contributed by atoms with Gasteiger partial charge in [0.05, 0.1) is 16.7 Å². The first-order valence-corrected chi connectivity index (χ1v) is 6.45. The van der Waals surface area contributed by atoms with Crippen molar-refractivity contribution in [1.82, 2.24) is 14.5 Å². The van der Waals surface area contributed by atoms with Crippen LogP contribution in [-0.2, 0) is 13.5 Å². The minimum absolute atomic E-state index is 0.0443. The summed E-state index contributed by atoms with van der Waals surface area (Å²) in [5.41, 5.74) is 0.676. The van der Waals surface area contributed by atoms with Crippen molar-refractivity contribution in [2.24, 2.45) is 7.05 Å². The van der Waals surface area contributed by atoms with E-state index in [0.29, 0.717) is 17.9 Å². The van der Waals surface area contributed by atoms with E-state index in [4.69, 9.17) is 0 Å². The lowest BCUT2D eigenvalue weighted by Crippen LogP contribution is -2.06. The second-order valence-electron chi connectivity index (χ2n) is 4.52. The van der Waals surface area contributed by atoms with Crippen molar-refractivity contribution in [3.8, 4) is 0 Å². The minimum atomic E-state index is -0.402. The van der Waals surface area contributed by atoms with Crippen LogP contribution in [0, 0.1) is 10.1 Å². The van der Waals surface area contributed by atoms with E-state index in [0.717, 1.165) is 18.8 Å². The third-order valence-corrected chi connectivity index (χ3v) is 2.89. The zero-order chi connectivity index (χ0) is 14.5. The molecule has 7 nitrogen and oxygen atoms in total. The molecule has 0 saturated carbocycles. The Morgan fingerprint density at radius 1 is 1.45 bits per heavy atom. The van der Waals surface area contributed by atoms with Gasteiger partial charge < -0.3 is 9.88 Å². The van der Waals surface area contributed by atoms with Crippen LogP contribution in [0.2, 0.25) is 0 Å². The van der Waals surface area contributed by atoms with Gasteiger partial charge in [-0.25, -0.2) is 9.97 Å². The van der Waals surface area contributed by atoms with Crippen LogP contribution in [-0.4, -0.2) is 26.0 Å². The fraction of sp³-hybridized carbons (Fsp3) is 0.385. The molecule has 0 spiro atoms. The van der Waals surface area contributed by atoms with Gasteiger partial charge >= 0.3 is 0 Å². The molecule has 0 aromatic carbocycles. The molecule has 0 aliphatic rings. The average molecular weight is 275 g/mol. The summed E-state index contributed by atoms with van der Waals surface area (Å²) in [6, 6.07) is 2.95. The van der Waals surface area contributed by atoms with E-state index in [1.54, 1.807) is 6.20 Å². The Morgan fingerprint density at radius 2 is 2.25 bits per heavy atom. The maximum Gasteiger partial charge on any atom is 0.274 e. The first-order valence-electron chi connectivity index (χ1n) is 6.45. The molecule has 0 amide bonds. The van der Waals surface area contributed by atoms with E-state index in [2.05, 4.69) is 15.3 Å². The summed E-state index contributed by atoms with van der Waals surface area (Å²) in [5, 5.41) is 14.1. The van der Waals surface area contributed by atoms with Crippen molar-refractivity contribution >= 4 is 11.5 Å². The van der Waals surface area contributed by atoms with Crippen LogP contribution < -0.4 is 5.32 Å². The van der Waals surface area contributed by atoms with E-state index in [1.165, 1.54) is 12.1 Å². The number of hydrogen-bond acceptors (Lipinski definition) is 5. The molecular formula is C13H17N5O2. The van der Waals surface area contributed by atoms with Gasteiger partial charge in [0, 0.05) is 38.5 Å². The molecule has 2 heterocycles. The first kappa shape index (κ1) is 14.0. The van der Waals surface area contributed by atoms with E-state index >= 15 is 0 Å². The number of aryl methyl sites for hydroxylation is 1. The third kappa shape index (κ3) is 3.31. The average Bonchev–Trinajstić information content (AvgIpc) is 2.81. The number of nitrogens with zero attached hydrogens (tertiary/aromatic N) is 4. The number of nitro groups is 1. The molecule has 20 heavy (non-hydrogen) atoms. The highest BCUT2D eigenvalue weighted by molar-refractivity contribution is 5.47. The Hall–Kier alpha value is -2.44. The van der Waals surface area contributed by atoms with Gasteiger partial charge in [-0.3, -0.25) is 10.1 Å². The summed E-state index contributed by atoms with van der Waals surface area (Å²) >= 11 is 0. The molecule has 0 bridgehead atoms. The quantitative estimate of drug-likeness (QED) is 0.644. The Balaban J connectivity index is 2.29. The van der Waals surface area contributed by atoms with Gasteiger partial charge in [0.1, 0.15) is 11.6 Å². The fourth-order valence-corrected chi connectivity index (χ4v) is 1.84. The van der Waals surface area contributed by atoms with Crippen molar-refractivity contribution < 1.29 is 4.92 Å². The smallest absolute Gasteiger partial charge is 0.274 e. The van der Waals surface area contributed by atoms with Crippen molar-refractivity contribution in [3.05, 3.63) is 46.2 Å². The van der Waals surface area contributed by atoms with E-state index < -0.39 is 4.92 Å². The molecule has 2 aromatic heterocycles. The Labute approximate surface area is 116 Å². The summed E-state index contributed by atoms with van der Waals surface area (Å²) in [6.45, 7) is 2.76. The number of hydrogen-bond donors (Lipinski definition) is 1. The molecule has 0 aliphatic carbocycles. The van der Waals surface area contributed by atoms with Crippen LogP contribution in [0.3, 0.4) is 0 Å². The van der Waals surface area contributed by atoms with Crippen LogP contribution in [0.25, 0.3) is 0 Å². The number of imidazole rings is 1. The topological polar surface area (TPSA) is 85.9 Å². The van der Waals surface area contributed by atoms with Crippen LogP contribution >= 0.6 is 0 Å². The molecule has 0 unspecified atom stereocenters. The molecule has 1 N–H and O–H groups in total. The van der Waals surface area contributed by atoms with Crippen molar-refractivity contribution in [2.45, 2.75) is 19.8 Å². The largest absolute Gasteiger partial charge is 0.370 e. The lowest BCUT2D eigenvalue weighted by Gasteiger charge is -2.07. The SMILES string of the molecule is CCCNc1cc([N+](=O)[O-])cc(Cc2nccn2C)n1. The molecule has 2 aromatic rings. The zero-order valence-corrected chi connectivity index (χ0v) is 11.5. The van der Waals surface area contributed by atoms with Crippen molar-refractivity contribution in [2.75, 3.05) is 11.9 Å². The maximum absolute atomic E-state index is 11.0. The molecule has 0 fully saturated rings. The Morgan fingerprint density at radius 3 is 2.85 bits per heavy atom. The molecular weight excluding hydrogens is 258 g/mol. The number of pyridine rings is 1. The summed E-state index contributed by atoms with van der Waals surface area (Å²) in [4.78, 5) is 19.2. The molecule has 2 rings (SSSR count). The third-order valence-electron chi connectivity index (χ3n) is 2.89. The monoisotopic (exact) mass is 275 g/mol. The normalized spacial score (nSPS) is 10.5. The molecule has 0 radical (unpaired) electrons. The summed E-state index contributed by atoms with van der Waals surface area (Å²) in [6.07, 6.45) is 4.93. The lowest BCUT2D eigenvalue weighted by molar-refractivity contribution is -0.384. The van der Waals surface area contributed by atoms with Crippen molar-refractivity contribution in [3.63, 3.8) is 0 Å². The van der Waals surface area contributed by atoms with E-state index in [-0.39, 0.29) is 5.69 Å². The highest BCUT2D eigenvalue weighted by Gasteiger charge is 2.12. The van der Waals surface area contributed by atoms with Crippen molar-refractivity contribution in [1.29, 1.82) is 0 Å². The molecule has 106 valence electrons. The van der Waals surface area contributed by atoms with Gasteiger partial charge in [-0.2, -0.15) is 0 Å². The van der Waals surface area contributed by atoms with Crippen LogP contribution in [0.5, 0.6) is 0 Å². The highest BCUT2D eigenvalue weighted by Crippen LogP contribution is 2.19. The first-order chi connectivity index (χ1) is 9.60. The Bertz CT molecular complexity index is 609. The van der Waals surface area contributed by atoms with Gasteiger partial charge in [-0.15, -0.1) is 0 Å². The predicted octanol–water partition coefficient (Wildman–Crippen LogP) is 2.14. The molecule has 0 saturated heterocycles. The molecule has 7 heteroatoms. The van der Waals surface area contributed by atoms with Gasteiger partial charge in [0.15, 0.2) is 0 Å². The van der Waals surface area contributed by atoms with Crippen LogP contribution in [0.1, 0.15) is 24.9 Å². The highest BCUT2D eigenvalue weighted by atomic mass is 16.6. The Kier molecular flexibility index (Phi) is 4.29. The minimum Gasteiger partial charge on any atom is -0.370 e. The number of anilines is 1. The van der Waals surface area contributed by atoms with Gasteiger partial charge in [-0.1, -0.05) is 6.92 Å². The second-order valence-corrected chi connectivity index (χ2v) is 4.52. The van der Waals surface area contributed by atoms with Gasteiger partial charge in [0.25, 0.3) is 5.69 Å². The van der Waals surface area contributed by atoms with Crippen LogP contribution in [0.15, 0.2) is 24.5 Å². The zero-order valence-electron chi connectivity index (χ0n) is 11.5. The number of rotatable bonds is 6. The van der Waals surface area contributed by atoms with E-state index in [9.17, 15) is 10.1 Å². The lowest BCUT2D eigenvalue weighted by atomic mass is 10.2. The summed E-state index contributed by atoms with van der Waals surface area (Å²) in [5.74, 6) is 1.35. The molecule has 0 atom stereocenters. The van der Waals surface area contributed by atoms with Gasteiger partial charge in [-0.05, 0) is 6.42 Å². The number of aromatic nitrogens is 3. The van der Waals surface area contributed by atoms with E-state index in [1.807, 2.05) is 24.7 Å².